The molecule has 30 heavy (non-hydrogen) atoms. The summed E-state index contributed by atoms with van der Waals surface area (Å²) in [4.78, 5) is 4.28. The van der Waals surface area contributed by atoms with Gasteiger partial charge in [-0.2, -0.15) is 0 Å². The van der Waals surface area contributed by atoms with Gasteiger partial charge in [-0.1, -0.05) is 48.5 Å². The molecule has 4 aromatic rings. The van der Waals surface area contributed by atoms with E-state index < -0.39 is 0 Å². The van der Waals surface area contributed by atoms with Crippen LogP contribution in [0.2, 0.25) is 0 Å². The molecule has 0 radical (unpaired) electrons. The maximum Gasteiger partial charge on any atom is 0.191 e. The van der Waals surface area contributed by atoms with Gasteiger partial charge < -0.3 is 15.4 Å². The molecule has 2 aromatic carbocycles. The van der Waals surface area contributed by atoms with Crippen molar-refractivity contribution in [3.63, 3.8) is 0 Å². The quantitative estimate of drug-likeness (QED) is 0.368. The highest BCUT2D eigenvalue weighted by Crippen LogP contribution is 2.14. The van der Waals surface area contributed by atoms with Gasteiger partial charge >= 0.3 is 0 Å². The third-order valence-corrected chi connectivity index (χ3v) is 4.65. The molecule has 2 aromatic heterocycles. The largest absolute Gasteiger partial charge is 0.489 e. The van der Waals surface area contributed by atoms with Crippen LogP contribution in [-0.4, -0.2) is 27.6 Å². The normalized spacial score (nSPS) is 11.4. The van der Waals surface area contributed by atoms with Gasteiger partial charge in [0, 0.05) is 19.8 Å². The lowest BCUT2D eigenvalue weighted by atomic mass is 10.2. The fourth-order valence-electron chi connectivity index (χ4n) is 3.03. The minimum absolute atomic E-state index is 0.525. The first-order valence-electron chi connectivity index (χ1n) is 9.80. The summed E-state index contributed by atoms with van der Waals surface area (Å²) in [5.74, 6) is 2.38. The van der Waals surface area contributed by atoms with Crippen LogP contribution < -0.4 is 15.4 Å². The summed E-state index contributed by atoms with van der Waals surface area (Å²) in [6.45, 7) is 1.74. The number of nitrogens with one attached hydrogen (secondary N) is 2. The Hall–Kier alpha value is -3.87. The fourth-order valence-corrected chi connectivity index (χ4v) is 3.03. The Morgan fingerprint density at radius 1 is 0.867 bits per heavy atom. The minimum Gasteiger partial charge on any atom is -0.489 e. The van der Waals surface area contributed by atoms with Crippen molar-refractivity contribution in [2.75, 3.05) is 7.05 Å². The van der Waals surface area contributed by atoms with Crippen molar-refractivity contribution in [2.45, 2.75) is 19.7 Å². The SMILES string of the molecule is CN=C(NCc1ccc(OCc2ccccc2)cc1)NCc1nnc2ccccn12. The van der Waals surface area contributed by atoms with Gasteiger partial charge in [0.15, 0.2) is 17.4 Å². The number of benzene rings is 2. The van der Waals surface area contributed by atoms with Crippen molar-refractivity contribution in [1.82, 2.24) is 25.2 Å². The Morgan fingerprint density at radius 2 is 1.63 bits per heavy atom. The van der Waals surface area contributed by atoms with E-state index in [0.29, 0.717) is 25.7 Å². The molecular formula is C23H24N6O. The molecule has 2 heterocycles. The number of hydrogen-bond donors (Lipinski definition) is 2. The Morgan fingerprint density at radius 3 is 2.43 bits per heavy atom. The van der Waals surface area contributed by atoms with Crippen molar-refractivity contribution >= 4 is 11.6 Å². The maximum atomic E-state index is 5.84. The van der Waals surface area contributed by atoms with Gasteiger partial charge in [-0.3, -0.25) is 9.39 Å². The van der Waals surface area contributed by atoms with Crippen molar-refractivity contribution in [2.24, 2.45) is 4.99 Å². The van der Waals surface area contributed by atoms with E-state index in [9.17, 15) is 0 Å². The molecule has 0 spiro atoms. The predicted octanol–water partition coefficient (Wildman–Crippen LogP) is 3.17. The van der Waals surface area contributed by atoms with Crippen LogP contribution in [0.3, 0.4) is 0 Å². The second-order valence-electron chi connectivity index (χ2n) is 6.74. The zero-order valence-electron chi connectivity index (χ0n) is 16.8. The van der Waals surface area contributed by atoms with Crippen LogP contribution in [-0.2, 0) is 19.7 Å². The van der Waals surface area contributed by atoms with Crippen LogP contribution in [0, 0.1) is 0 Å². The summed E-state index contributed by atoms with van der Waals surface area (Å²) < 4.78 is 7.79. The van der Waals surface area contributed by atoms with Gasteiger partial charge in [0.1, 0.15) is 12.4 Å². The average molecular weight is 400 g/mol. The first kappa shape index (κ1) is 19.4. The Balaban J connectivity index is 1.26. The summed E-state index contributed by atoms with van der Waals surface area (Å²) in [6, 6.07) is 24.0. The second kappa shape index (κ2) is 9.56. The van der Waals surface area contributed by atoms with E-state index in [4.69, 9.17) is 4.74 Å². The van der Waals surface area contributed by atoms with Crippen LogP contribution in [0.4, 0.5) is 0 Å². The van der Waals surface area contributed by atoms with Gasteiger partial charge in [-0.05, 0) is 35.4 Å². The third-order valence-electron chi connectivity index (χ3n) is 4.65. The van der Waals surface area contributed by atoms with Crippen LogP contribution in [0.15, 0.2) is 84.0 Å². The molecule has 152 valence electrons. The van der Waals surface area contributed by atoms with E-state index in [1.807, 2.05) is 71.3 Å². The second-order valence-corrected chi connectivity index (χ2v) is 6.74. The van der Waals surface area contributed by atoms with Gasteiger partial charge in [-0.15, -0.1) is 10.2 Å². The lowest BCUT2D eigenvalue weighted by Gasteiger charge is -2.12. The van der Waals surface area contributed by atoms with Crippen LogP contribution in [0.25, 0.3) is 5.65 Å². The lowest BCUT2D eigenvalue weighted by molar-refractivity contribution is 0.306. The molecule has 0 aliphatic rings. The lowest BCUT2D eigenvalue weighted by Crippen LogP contribution is -2.36. The molecule has 0 saturated carbocycles. The maximum absolute atomic E-state index is 5.84. The zero-order valence-corrected chi connectivity index (χ0v) is 16.8. The summed E-state index contributed by atoms with van der Waals surface area (Å²) in [7, 11) is 1.75. The van der Waals surface area contributed by atoms with Crippen LogP contribution in [0.1, 0.15) is 17.0 Å². The van der Waals surface area contributed by atoms with Gasteiger partial charge in [0.25, 0.3) is 0 Å². The molecule has 0 saturated heterocycles. The first-order valence-corrected chi connectivity index (χ1v) is 9.80. The number of rotatable bonds is 7. The molecule has 0 aliphatic carbocycles. The molecule has 0 atom stereocenters. The van der Waals surface area contributed by atoms with Crippen LogP contribution >= 0.6 is 0 Å². The number of hydrogen-bond acceptors (Lipinski definition) is 4. The minimum atomic E-state index is 0.525. The third kappa shape index (κ3) is 4.94. The number of pyridine rings is 1. The molecule has 0 fully saturated rings. The van der Waals surface area contributed by atoms with Crippen molar-refractivity contribution in [1.29, 1.82) is 0 Å². The fraction of sp³-hybridized carbons (Fsp3) is 0.174. The number of nitrogens with zero attached hydrogens (tertiary/aromatic N) is 4. The van der Waals surface area contributed by atoms with E-state index in [1.165, 1.54) is 0 Å². The van der Waals surface area contributed by atoms with Crippen LogP contribution in [0.5, 0.6) is 5.75 Å². The molecule has 4 rings (SSSR count). The predicted molar refractivity (Wildman–Crippen MR) is 117 cm³/mol. The number of fused-ring (bicyclic) bond motifs is 1. The Labute approximate surface area is 175 Å². The van der Waals surface area contributed by atoms with Gasteiger partial charge in [0.05, 0.1) is 6.54 Å². The average Bonchev–Trinajstić information content (AvgIpc) is 3.22. The molecule has 0 bridgehead atoms. The topological polar surface area (TPSA) is 75.8 Å². The summed E-state index contributed by atoms with van der Waals surface area (Å²) in [6.07, 6.45) is 1.95. The number of aliphatic imine (C=N–C) groups is 1. The van der Waals surface area contributed by atoms with E-state index in [-0.39, 0.29) is 0 Å². The molecule has 2 N–H and O–H groups in total. The van der Waals surface area contributed by atoms with E-state index in [1.54, 1.807) is 7.05 Å². The molecule has 0 unspecified atom stereocenters. The standard InChI is InChI=1S/C23H24N6O/c1-24-23(26-16-22-28-27-21-9-5-6-14-29(21)22)25-15-18-10-12-20(13-11-18)30-17-19-7-3-2-4-8-19/h2-14H,15-17H2,1H3,(H2,24,25,26). The van der Waals surface area contributed by atoms with Crippen molar-refractivity contribution < 1.29 is 4.74 Å². The highest BCUT2D eigenvalue weighted by atomic mass is 16.5. The van der Waals surface area contributed by atoms with Crippen molar-refractivity contribution in [3.05, 3.63) is 95.9 Å². The number of guanidine groups is 1. The highest BCUT2D eigenvalue weighted by molar-refractivity contribution is 5.79. The Kier molecular flexibility index (Phi) is 6.19. The molecule has 7 heteroatoms. The van der Waals surface area contributed by atoms with Crippen molar-refractivity contribution in [3.8, 4) is 5.75 Å². The van der Waals surface area contributed by atoms with Gasteiger partial charge in [-0.25, -0.2) is 0 Å². The smallest absolute Gasteiger partial charge is 0.191 e. The van der Waals surface area contributed by atoms with Gasteiger partial charge in [0.2, 0.25) is 0 Å². The zero-order chi connectivity index (χ0) is 20.6. The van der Waals surface area contributed by atoms with E-state index in [2.05, 4.69) is 38.0 Å². The molecule has 7 nitrogen and oxygen atoms in total. The molecule has 0 aliphatic heterocycles. The Bertz CT molecular complexity index is 1110. The number of ether oxygens (including phenoxy) is 1. The molecular weight excluding hydrogens is 376 g/mol. The summed E-state index contributed by atoms with van der Waals surface area (Å²) in [5, 5.41) is 15.0. The van der Waals surface area contributed by atoms with E-state index >= 15 is 0 Å². The summed E-state index contributed by atoms with van der Waals surface area (Å²) >= 11 is 0. The van der Waals surface area contributed by atoms with E-state index in [0.717, 1.165) is 28.3 Å². The molecule has 0 amide bonds. The number of aromatic nitrogens is 3. The highest BCUT2D eigenvalue weighted by Gasteiger charge is 2.06. The first-order chi connectivity index (χ1) is 14.8. The summed E-state index contributed by atoms with van der Waals surface area (Å²) in [5.41, 5.74) is 3.11. The monoisotopic (exact) mass is 400 g/mol.